The molecule has 0 atom stereocenters. The summed E-state index contributed by atoms with van der Waals surface area (Å²) in [5.74, 6) is -0.0790. The summed E-state index contributed by atoms with van der Waals surface area (Å²) in [5, 5.41) is 14.4. The maximum atomic E-state index is 12.5. The van der Waals surface area contributed by atoms with Crippen molar-refractivity contribution in [1.29, 1.82) is 0 Å². The second kappa shape index (κ2) is 9.95. The lowest BCUT2D eigenvalue weighted by molar-refractivity contribution is -0.116. The van der Waals surface area contributed by atoms with Crippen molar-refractivity contribution in [3.05, 3.63) is 44.5 Å². The smallest absolute Gasteiger partial charge is 0.342 e. The van der Waals surface area contributed by atoms with Gasteiger partial charge in [0.1, 0.15) is 23.7 Å². The van der Waals surface area contributed by atoms with Gasteiger partial charge in [0.25, 0.3) is 0 Å². The van der Waals surface area contributed by atoms with E-state index in [9.17, 15) is 14.7 Å². The van der Waals surface area contributed by atoms with E-state index in [2.05, 4.69) is 10.3 Å². The first-order valence-corrected chi connectivity index (χ1v) is 12.2. The highest BCUT2D eigenvalue weighted by molar-refractivity contribution is 7.15. The first-order valence-electron chi connectivity index (χ1n) is 11.4. The Morgan fingerprint density at radius 1 is 1.27 bits per heavy atom. The predicted molar refractivity (Wildman–Crippen MR) is 127 cm³/mol. The van der Waals surface area contributed by atoms with Crippen LogP contribution in [0, 0.1) is 6.92 Å². The summed E-state index contributed by atoms with van der Waals surface area (Å²) in [6.07, 6.45) is 8.95. The van der Waals surface area contributed by atoms with Crippen LogP contribution in [0.25, 0.3) is 0 Å². The van der Waals surface area contributed by atoms with Gasteiger partial charge in [-0.15, -0.1) is 11.3 Å². The number of rotatable bonds is 7. The van der Waals surface area contributed by atoms with E-state index in [-0.39, 0.29) is 23.8 Å². The molecule has 1 aromatic carbocycles. The highest BCUT2D eigenvalue weighted by Gasteiger charge is 2.31. The van der Waals surface area contributed by atoms with Crippen LogP contribution in [0.5, 0.6) is 11.5 Å². The fraction of sp³-hybridized carbons (Fsp3) is 0.480. The Labute approximate surface area is 197 Å². The number of phenolic OH excluding ortho intramolecular Hbond substituents is 1. The highest BCUT2D eigenvalue weighted by Crippen LogP contribution is 2.42. The molecule has 1 aromatic heterocycles. The van der Waals surface area contributed by atoms with E-state index in [1.54, 1.807) is 18.4 Å². The van der Waals surface area contributed by atoms with Crippen LogP contribution in [0.4, 0.5) is 5.13 Å². The molecule has 8 heteroatoms. The third-order valence-corrected chi connectivity index (χ3v) is 7.46. The molecule has 0 unspecified atom stereocenters. The number of phenols is 1. The molecule has 1 aliphatic heterocycles. The Hall–Kier alpha value is -2.87. The van der Waals surface area contributed by atoms with Gasteiger partial charge >= 0.3 is 5.97 Å². The number of nitrogens with one attached hydrogen (secondary N) is 1. The summed E-state index contributed by atoms with van der Waals surface area (Å²) >= 11 is 1.60. The normalized spacial score (nSPS) is 15.5. The number of cyclic esters (lactones) is 1. The van der Waals surface area contributed by atoms with Crippen molar-refractivity contribution in [1.82, 2.24) is 4.98 Å². The second-order valence-electron chi connectivity index (χ2n) is 8.67. The van der Waals surface area contributed by atoms with Crippen LogP contribution in [0.15, 0.2) is 11.6 Å². The van der Waals surface area contributed by atoms with Gasteiger partial charge in [0.05, 0.1) is 12.8 Å². The van der Waals surface area contributed by atoms with E-state index < -0.39 is 5.97 Å². The molecular weight excluding hydrogens is 440 g/mol. The van der Waals surface area contributed by atoms with E-state index in [1.807, 2.05) is 19.9 Å². The van der Waals surface area contributed by atoms with Crippen molar-refractivity contribution < 1.29 is 24.2 Å². The number of hydrogen-bond donors (Lipinski definition) is 2. The predicted octanol–water partition coefficient (Wildman–Crippen LogP) is 5.01. The number of aryl methyl sites for hydroxylation is 2. The lowest BCUT2D eigenvalue weighted by Gasteiger charge is -2.15. The van der Waals surface area contributed by atoms with Gasteiger partial charge in [-0.05, 0) is 57.9 Å². The summed E-state index contributed by atoms with van der Waals surface area (Å²) in [7, 11) is 1.55. The van der Waals surface area contributed by atoms with Crippen molar-refractivity contribution in [2.75, 3.05) is 12.4 Å². The number of ether oxygens (including phenoxy) is 2. The summed E-state index contributed by atoms with van der Waals surface area (Å²) in [5.41, 5.74) is 4.43. The number of carbonyl (C=O) groups is 2. The molecule has 2 aliphatic rings. The first kappa shape index (κ1) is 23.3. The fourth-order valence-electron chi connectivity index (χ4n) is 4.48. The van der Waals surface area contributed by atoms with Gasteiger partial charge in [-0.2, -0.15) is 0 Å². The van der Waals surface area contributed by atoms with Crippen LogP contribution < -0.4 is 10.1 Å². The van der Waals surface area contributed by atoms with Crippen LogP contribution in [0.1, 0.15) is 76.6 Å². The van der Waals surface area contributed by atoms with Crippen molar-refractivity contribution in [2.24, 2.45) is 0 Å². The zero-order valence-electron chi connectivity index (χ0n) is 19.4. The molecule has 7 nitrogen and oxygen atoms in total. The zero-order valence-corrected chi connectivity index (χ0v) is 20.2. The number of aromatic nitrogens is 1. The molecule has 33 heavy (non-hydrogen) atoms. The van der Waals surface area contributed by atoms with Crippen LogP contribution in [0.3, 0.4) is 0 Å². The number of hydrogen-bond acceptors (Lipinski definition) is 7. The number of benzene rings is 1. The van der Waals surface area contributed by atoms with Crippen LogP contribution in [-0.2, 0) is 35.4 Å². The number of fused-ring (bicyclic) bond motifs is 2. The maximum absolute atomic E-state index is 12.5. The minimum absolute atomic E-state index is 0.0526. The molecule has 1 aliphatic carbocycles. The number of methoxy groups -OCH3 is 1. The minimum Gasteiger partial charge on any atom is -0.507 e. The zero-order chi connectivity index (χ0) is 23.5. The Morgan fingerprint density at radius 3 is 2.85 bits per heavy atom. The molecule has 0 bridgehead atoms. The van der Waals surface area contributed by atoms with Gasteiger partial charge in [0, 0.05) is 22.4 Å². The fourth-order valence-corrected chi connectivity index (χ4v) is 5.55. The monoisotopic (exact) mass is 470 g/mol. The second-order valence-corrected chi connectivity index (χ2v) is 9.75. The molecule has 2 heterocycles. The number of amides is 1. The topological polar surface area (TPSA) is 97.8 Å². The highest BCUT2D eigenvalue weighted by atomic mass is 32.1. The van der Waals surface area contributed by atoms with Crippen LogP contribution in [0.2, 0.25) is 0 Å². The van der Waals surface area contributed by atoms with Gasteiger partial charge in [0.15, 0.2) is 5.13 Å². The molecule has 0 spiro atoms. The Kier molecular flexibility index (Phi) is 7.02. The molecule has 0 saturated carbocycles. The summed E-state index contributed by atoms with van der Waals surface area (Å²) in [6.45, 7) is 3.97. The van der Waals surface area contributed by atoms with Crippen LogP contribution in [-0.4, -0.2) is 29.1 Å². The van der Waals surface area contributed by atoms with Gasteiger partial charge in [-0.1, -0.05) is 18.1 Å². The first-order chi connectivity index (χ1) is 15.9. The third-order valence-electron chi connectivity index (χ3n) is 6.39. The molecule has 0 radical (unpaired) electrons. The van der Waals surface area contributed by atoms with E-state index in [0.717, 1.165) is 29.7 Å². The molecule has 1 amide bonds. The summed E-state index contributed by atoms with van der Waals surface area (Å²) < 4.78 is 10.6. The molecule has 4 rings (SSSR count). The summed E-state index contributed by atoms with van der Waals surface area (Å²) in [6, 6.07) is 0. The van der Waals surface area contributed by atoms with Crippen molar-refractivity contribution in [2.45, 2.75) is 71.8 Å². The Balaban J connectivity index is 1.38. The number of carbonyl (C=O) groups excluding carboxylic acids is 2. The standard InChI is InChI=1S/C25H30N2O5S/c1-14(10-12-20(28)27-25-26-18-7-5-4-6-8-19(18)33-25)9-11-16-22(29)21-17(13-32-24(21)30)15(2)23(16)31-3/h9,29H,4-8,10-13H2,1-3H3,(H,26,27,28)/b14-9+. The van der Waals surface area contributed by atoms with Gasteiger partial charge in [0.2, 0.25) is 5.91 Å². The van der Waals surface area contributed by atoms with Crippen LogP contribution >= 0.6 is 11.3 Å². The third kappa shape index (κ3) is 4.90. The van der Waals surface area contributed by atoms with E-state index in [4.69, 9.17) is 9.47 Å². The number of nitrogens with zero attached hydrogens (tertiary/aromatic N) is 1. The summed E-state index contributed by atoms with van der Waals surface area (Å²) in [4.78, 5) is 30.4. The molecule has 0 saturated heterocycles. The van der Waals surface area contributed by atoms with E-state index >= 15 is 0 Å². The molecule has 0 fully saturated rings. The average Bonchev–Trinajstić information content (AvgIpc) is 3.29. The number of anilines is 1. The molecule has 2 aromatic rings. The minimum atomic E-state index is -0.508. The quantitative estimate of drug-likeness (QED) is 0.335. The maximum Gasteiger partial charge on any atom is 0.342 e. The number of allylic oxidation sites excluding steroid dienone is 2. The Morgan fingerprint density at radius 2 is 2.06 bits per heavy atom. The van der Waals surface area contributed by atoms with Crippen molar-refractivity contribution in [3.8, 4) is 11.5 Å². The Bertz CT molecular complexity index is 1100. The van der Waals surface area contributed by atoms with E-state index in [1.165, 1.54) is 24.1 Å². The average molecular weight is 471 g/mol. The van der Waals surface area contributed by atoms with Gasteiger partial charge in [-0.3, -0.25) is 4.79 Å². The molecular formula is C25H30N2O5S. The lowest BCUT2D eigenvalue weighted by atomic mass is 9.94. The number of thiazole rings is 1. The largest absolute Gasteiger partial charge is 0.507 e. The van der Waals surface area contributed by atoms with Gasteiger partial charge in [-0.25, -0.2) is 9.78 Å². The SMILES string of the molecule is COc1c(C)c2c(c(O)c1C/C=C(\C)CCC(=O)Nc1nc3c(s1)CCCCC3)C(=O)OC2. The van der Waals surface area contributed by atoms with E-state index in [0.29, 0.717) is 41.3 Å². The van der Waals surface area contributed by atoms with Gasteiger partial charge < -0.3 is 19.9 Å². The molecule has 176 valence electrons. The van der Waals surface area contributed by atoms with Crippen molar-refractivity contribution in [3.63, 3.8) is 0 Å². The lowest BCUT2D eigenvalue weighted by Crippen LogP contribution is -2.11. The number of esters is 1. The number of aromatic hydroxyl groups is 1. The molecule has 2 N–H and O–H groups in total. The van der Waals surface area contributed by atoms with Crippen molar-refractivity contribution >= 4 is 28.3 Å².